The van der Waals surface area contributed by atoms with Crippen molar-refractivity contribution in [1.29, 1.82) is 5.41 Å². The number of anilines is 1. The number of ether oxygens (including phenoxy) is 1. The topological polar surface area (TPSA) is 62.3 Å². The second kappa shape index (κ2) is 6.39. The van der Waals surface area contributed by atoms with Gasteiger partial charge in [-0.05, 0) is 52.9 Å². The summed E-state index contributed by atoms with van der Waals surface area (Å²) in [5, 5.41) is 7.45. The fraction of sp³-hybridized carbons (Fsp3) is 0.500. The van der Waals surface area contributed by atoms with Crippen LogP contribution in [0.25, 0.3) is 0 Å². The highest BCUT2D eigenvalue weighted by Crippen LogP contribution is 2.28. The highest BCUT2D eigenvalue weighted by Gasteiger charge is 2.20. The van der Waals surface area contributed by atoms with Gasteiger partial charge < -0.3 is 15.4 Å². The zero-order valence-corrected chi connectivity index (χ0v) is 12.7. The molecule has 104 valence electrons. The Morgan fingerprint density at radius 1 is 1.53 bits per heavy atom. The number of nitrogens with zero attached hydrogens (tertiary/aromatic N) is 1. The maximum Gasteiger partial charge on any atom is 0.123 e. The monoisotopic (exact) mass is 325 g/mol. The third kappa shape index (κ3) is 4.21. The van der Waals surface area contributed by atoms with Gasteiger partial charge in [-0.1, -0.05) is 0 Å². The van der Waals surface area contributed by atoms with Crippen LogP contribution in [0.15, 0.2) is 22.7 Å². The first-order valence-electron chi connectivity index (χ1n) is 6.50. The number of benzene rings is 1. The van der Waals surface area contributed by atoms with Crippen molar-refractivity contribution >= 4 is 27.5 Å². The van der Waals surface area contributed by atoms with E-state index in [2.05, 4.69) is 20.8 Å². The van der Waals surface area contributed by atoms with Crippen LogP contribution < -0.4 is 10.6 Å². The van der Waals surface area contributed by atoms with E-state index < -0.39 is 0 Å². The third-order valence-electron chi connectivity index (χ3n) is 3.31. The zero-order chi connectivity index (χ0) is 13.8. The van der Waals surface area contributed by atoms with Gasteiger partial charge in [0, 0.05) is 35.9 Å². The van der Waals surface area contributed by atoms with Crippen LogP contribution in [-0.2, 0) is 4.74 Å². The number of nitrogens with one attached hydrogen (secondary N) is 1. The molecule has 4 nitrogen and oxygen atoms in total. The van der Waals surface area contributed by atoms with E-state index in [-0.39, 0.29) is 5.84 Å². The first kappa shape index (κ1) is 14.3. The normalized spacial score (nSPS) is 14.4. The lowest BCUT2D eigenvalue weighted by Crippen LogP contribution is -2.23. The Hall–Kier alpha value is -1.07. The molecule has 0 saturated heterocycles. The number of rotatable bonds is 7. The molecule has 0 aliphatic heterocycles. The molecule has 0 aromatic heterocycles. The molecule has 0 amide bonds. The number of likely N-dealkylation sites (N-methyl/N-ethyl adjacent to an activating group) is 1. The summed E-state index contributed by atoms with van der Waals surface area (Å²) in [5.74, 6) is 0.892. The fourth-order valence-electron chi connectivity index (χ4n) is 1.82. The van der Waals surface area contributed by atoms with Crippen LogP contribution in [0.5, 0.6) is 0 Å². The van der Waals surface area contributed by atoms with E-state index in [1.54, 1.807) is 0 Å². The highest BCUT2D eigenvalue weighted by molar-refractivity contribution is 9.10. The van der Waals surface area contributed by atoms with Gasteiger partial charge in [-0.15, -0.1) is 0 Å². The van der Waals surface area contributed by atoms with Crippen molar-refractivity contribution in [1.82, 2.24) is 0 Å². The number of halogens is 1. The molecular weight excluding hydrogens is 306 g/mol. The molecule has 1 fully saturated rings. The molecule has 0 heterocycles. The Balaban J connectivity index is 1.85. The summed E-state index contributed by atoms with van der Waals surface area (Å²) in [7, 11) is 2.04. The minimum absolute atomic E-state index is 0.0776. The van der Waals surface area contributed by atoms with Crippen LogP contribution in [0.3, 0.4) is 0 Å². The van der Waals surface area contributed by atoms with Gasteiger partial charge in [0.1, 0.15) is 5.84 Å². The number of amidine groups is 1. The van der Waals surface area contributed by atoms with Crippen molar-refractivity contribution in [3.8, 4) is 0 Å². The van der Waals surface area contributed by atoms with Gasteiger partial charge in [0.2, 0.25) is 0 Å². The van der Waals surface area contributed by atoms with Crippen molar-refractivity contribution in [3.63, 3.8) is 0 Å². The average Bonchev–Trinajstić information content (AvgIpc) is 3.17. The Bertz CT molecular complexity index is 460. The predicted molar refractivity (Wildman–Crippen MR) is 82.0 cm³/mol. The lowest BCUT2D eigenvalue weighted by molar-refractivity contribution is 0.131. The summed E-state index contributed by atoms with van der Waals surface area (Å²) < 4.78 is 6.48. The summed E-state index contributed by atoms with van der Waals surface area (Å²) in [4.78, 5) is 2.14. The van der Waals surface area contributed by atoms with Crippen LogP contribution in [0.4, 0.5) is 5.69 Å². The molecular formula is C14H20BrN3O. The molecule has 5 heteroatoms. The standard InChI is InChI=1S/C14H20BrN3O/c1-18(6-7-19-9-10-2-3-10)11-4-5-12(14(16)17)13(15)8-11/h4-5,8,10H,2-3,6-7,9H2,1H3,(H3,16,17). The average molecular weight is 326 g/mol. The van der Waals surface area contributed by atoms with Gasteiger partial charge in [-0.3, -0.25) is 5.41 Å². The van der Waals surface area contributed by atoms with Gasteiger partial charge in [0.25, 0.3) is 0 Å². The first-order valence-corrected chi connectivity index (χ1v) is 7.30. The van der Waals surface area contributed by atoms with E-state index in [0.717, 1.165) is 41.4 Å². The largest absolute Gasteiger partial charge is 0.384 e. The molecule has 2 rings (SSSR count). The van der Waals surface area contributed by atoms with Crippen molar-refractivity contribution in [2.45, 2.75) is 12.8 Å². The molecule has 0 bridgehead atoms. The lowest BCUT2D eigenvalue weighted by Gasteiger charge is -2.20. The predicted octanol–water partition coefficient (Wildman–Crippen LogP) is 2.60. The smallest absolute Gasteiger partial charge is 0.123 e. The quantitative estimate of drug-likeness (QED) is 0.460. The van der Waals surface area contributed by atoms with E-state index in [9.17, 15) is 0 Å². The molecule has 1 saturated carbocycles. The summed E-state index contributed by atoms with van der Waals surface area (Å²) >= 11 is 3.45. The fourth-order valence-corrected chi connectivity index (χ4v) is 2.41. The highest BCUT2D eigenvalue weighted by atomic mass is 79.9. The van der Waals surface area contributed by atoms with Crippen LogP contribution in [-0.4, -0.2) is 32.6 Å². The summed E-state index contributed by atoms with van der Waals surface area (Å²) in [6, 6.07) is 5.82. The molecule has 0 radical (unpaired) electrons. The molecule has 0 spiro atoms. The summed E-state index contributed by atoms with van der Waals surface area (Å²) in [6.45, 7) is 2.51. The van der Waals surface area contributed by atoms with Gasteiger partial charge in [-0.2, -0.15) is 0 Å². The van der Waals surface area contributed by atoms with E-state index in [1.165, 1.54) is 12.8 Å². The van der Waals surface area contributed by atoms with Gasteiger partial charge in [-0.25, -0.2) is 0 Å². The second-order valence-electron chi connectivity index (χ2n) is 5.02. The van der Waals surface area contributed by atoms with Gasteiger partial charge >= 0.3 is 0 Å². The number of nitrogens with two attached hydrogens (primary N) is 1. The summed E-state index contributed by atoms with van der Waals surface area (Å²) in [5.41, 5.74) is 7.31. The Labute approximate surface area is 122 Å². The molecule has 0 unspecified atom stereocenters. The van der Waals surface area contributed by atoms with Crippen molar-refractivity contribution in [2.75, 3.05) is 31.7 Å². The van der Waals surface area contributed by atoms with E-state index >= 15 is 0 Å². The molecule has 1 aromatic carbocycles. The van der Waals surface area contributed by atoms with Crippen LogP contribution in [0.1, 0.15) is 18.4 Å². The van der Waals surface area contributed by atoms with Crippen LogP contribution in [0, 0.1) is 11.3 Å². The molecule has 1 aliphatic rings. The molecule has 3 N–H and O–H groups in total. The minimum Gasteiger partial charge on any atom is -0.384 e. The maximum absolute atomic E-state index is 7.45. The number of nitrogen functional groups attached to an aromatic ring is 1. The lowest BCUT2D eigenvalue weighted by atomic mass is 10.2. The van der Waals surface area contributed by atoms with Crippen molar-refractivity contribution in [2.24, 2.45) is 11.7 Å². The van der Waals surface area contributed by atoms with Crippen molar-refractivity contribution in [3.05, 3.63) is 28.2 Å². The molecule has 19 heavy (non-hydrogen) atoms. The van der Waals surface area contributed by atoms with Crippen LogP contribution in [0.2, 0.25) is 0 Å². The Morgan fingerprint density at radius 2 is 2.26 bits per heavy atom. The SMILES string of the molecule is CN(CCOCC1CC1)c1ccc(C(=N)N)c(Br)c1. The number of hydrogen-bond donors (Lipinski definition) is 2. The van der Waals surface area contributed by atoms with Crippen LogP contribution >= 0.6 is 15.9 Å². The van der Waals surface area contributed by atoms with E-state index in [1.807, 2.05) is 25.2 Å². The zero-order valence-electron chi connectivity index (χ0n) is 11.2. The first-order chi connectivity index (χ1) is 9.08. The van der Waals surface area contributed by atoms with Gasteiger partial charge in [0.15, 0.2) is 0 Å². The number of hydrogen-bond acceptors (Lipinski definition) is 3. The molecule has 1 aliphatic carbocycles. The third-order valence-corrected chi connectivity index (χ3v) is 3.96. The Kier molecular flexibility index (Phi) is 4.82. The van der Waals surface area contributed by atoms with E-state index in [4.69, 9.17) is 15.9 Å². The molecule has 1 aromatic rings. The van der Waals surface area contributed by atoms with Gasteiger partial charge in [0.05, 0.1) is 6.61 Å². The maximum atomic E-state index is 7.45. The van der Waals surface area contributed by atoms with E-state index in [0.29, 0.717) is 0 Å². The summed E-state index contributed by atoms with van der Waals surface area (Å²) in [6.07, 6.45) is 2.66. The Morgan fingerprint density at radius 3 is 2.84 bits per heavy atom. The van der Waals surface area contributed by atoms with Crippen molar-refractivity contribution < 1.29 is 4.74 Å². The second-order valence-corrected chi connectivity index (χ2v) is 5.87. The minimum atomic E-state index is 0.0776. The molecule has 0 atom stereocenters.